The van der Waals surface area contributed by atoms with Gasteiger partial charge in [-0.1, -0.05) is 19.8 Å². The van der Waals surface area contributed by atoms with Gasteiger partial charge < -0.3 is 47.7 Å². The second-order valence-corrected chi connectivity index (χ2v) is 8.29. The van der Waals surface area contributed by atoms with Crippen LogP contribution >= 0.6 is 0 Å². The van der Waals surface area contributed by atoms with Crippen molar-refractivity contribution in [3.63, 3.8) is 0 Å². The number of aliphatic hydroxyl groups excluding tert-OH is 1. The third kappa shape index (κ3) is 48.5. The number of rotatable bonds is 30. The van der Waals surface area contributed by atoms with Crippen LogP contribution in [0, 0.1) is 0 Å². The van der Waals surface area contributed by atoms with Crippen LogP contribution in [0.15, 0.2) is 0 Å². The normalized spacial score (nSPS) is 11.5. The summed E-state index contributed by atoms with van der Waals surface area (Å²) in [5.41, 5.74) is 0. The van der Waals surface area contributed by atoms with Crippen molar-refractivity contribution in [3.8, 4) is 0 Å². The molecule has 0 saturated heterocycles. The molecule has 0 aliphatic carbocycles. The van der Waals surface area contributed by atoms with Crippen LogP contribution in [0.25, 0.3) is 0 Å². The fourth-order valence-electron chi connectivity index (χ4n) is 2.38. The molecule has 232 valence electrons. The quantitative estimate of drug-likeness (QED) is 0.0794. The number of hydrogen-bond acceptors (Lipinski definition) is 12. The number of unbranched alkanes of at least 4 members (excludes halogenated alkanes) is 2. The van der Waals surface area contributed by atoms with Crippen LogP contribution in [0.4, 0.5) is 0 Å². The van der Waals surface area contributed by atoms with E-state index in [0.717, 1.165) is 13.0 Å². The lowest BCUT2D eigenvalue weighted by atomic mass is 10.3. The van der Waals surface area contributed by atoms with Gasteiger partial charge >= 0.3 is 10.4 Å². The molecule has 0 aliphatic rings. The molecule has 0 spiro atoms. The SMILES string of the molecule is CCCCCOCCOCCOCCOCCOCCOCCOCCOCCOCCO.O=S(=O)(O)O. The molecule has 0 aromatic heterocycles. The second kappa shape index (κ2) is 34.5. The van der Waals surface area contributed by atoms with E-state index in [0.29, 0.717) is 112 Å². The number of hydrogen-bond donors (Lipinski definition) is 3. The third-order valence-corrected chi connectivity index (χ3v) is 4.10. The first-order valence-corrected chi connectivity index (χ1v) is 14.3. The summed E-state index contributed by atoms with van der Waals surface area (Å²) in [6.07, 6.45) is 3.55. The Morgan fingerprint density at radius 3 is 0.842 bits per heavy atom. The summed E-state index contributed by atoms with van der Waals surface area (Å²) >= 11 is 0. The van der Waals surface area contributed by atoms with E-state index >= 15 is 0 Å². The maximum atomic E-state index is 8.74. The first kappa shape index (κ1) is 39.6. The van der Waals surface area contributed by atoms with Gasteiger partial charge in [-0.25, -0.2) is 0 Å². The van der Waals surface area contributed by atoms with Gasteiger partial charge in [-0.3, -0.25) is 9.11 Å². The van der Waals surface area contributed by atoms with E-state index in [1.54, 1.807) is 0 Å². The molecule has 0 saturated carbocycles. The highest BCUT2D eigenvalue weighted by Gasteiger charge is 1.95. The lowest BCUT2D eigenvalue weighted by Gasteiger charge is -2.08. The van der Waals surface area contributed by atoms with E-state index in [1.165, 1.54) is 12.8 Å². The molecule has 0 unspecified atom stereocenters. The molecular formula is C23H50O14S. The summed E-state index contributed by atoms with van der Waals surface area (Å²) in [5.74, 6) is 0. The summed E-state index contributed by atoms with van der Waals surface area (Å²) in [5, 5.41) is 8.55. The van der Waals surface area contributed by atoms with Crippen molar-refractivity contribution < 1.29 is 65.3 Å². The minimum Gasteiger partial charge on any atom is -0.394 e. The van der Waals surface area contributed by atoms with Gasteiger partial charge in [0.2, 0.25) is 0 Å². The number of ether oxygens (including phenoxy) is 9. The van der Waals surface area contributed by atoms with Crippen LogP contribution in [0.3, 0.4) is 0 Å². The van der Waals surface area contributed by atoms with E-state index in [4.69, 9.17) is 65.3 Å². The highest BCUT2D eigenvalue weighted by Crippen LogP contribution is 1.94. The van der Waals surface area contributed by atoms with Crippen molar-refractivity contribution in [3.05, 3.63) is 0 Å². The molecule has 15 heteroatoms. The van der Waals surface area contributed by atoms with Crippen LogP contribution in [0.2, 0.25) is 0 Å². The topological polar surface area (TPSA) is 178 Å². The maximum Gasteiger partial charge on any atom is 0.394 e. The van der Waals surface area contributed by atoms with Gasteiger partial charge in [0, 0.05) is 6.61 Å². The minimum absolute atomic E-state index is 0.0323. The second-order valence-electron chi connectivity index (χ2n) is 7.39. The van der Waals surface area contributed by atoms with Crippen molar-refractivity contribution in [1.29, 1.82) is 0 Å². The average molecular weight is 583 g/mol. The Kier molecular flexibility index (Phi) is 36.0. The lowest BCUT2D eigenvalue weighted by Crippen LogP contribution is -2.15. The molecule has 3 N–H and O–H groups in total. The van der Waals surface area contributed by atoms with E-state index in [9.17, 15) is 0 Å². The predicted octanol–water partition coefficient (Wildman–Crippen LogP) is 0.666. The Morgan fingerprint density at radius 1 is 0.421 bits per heavy atom. The molecule has 0 radical (unpaired) electrons. The Balaban J connectivity index is 0. The van der Waals surface area contributed by atoms with Crippen LogP contribution in [0.5, 0.6) is 0 Å². The molecule has 0 aromatic carbocycles. The fraction of sp³-hybridized carbons (Fsp3) is 1.00. The molecule has 0 aromatic rings. The predicted molar refractivity (Wildman–Crippen MR) is 138 cm³/mol. The summed E-state index contributed by atoms with van der Waals surface area (Å²) in [4.78, 5) is 0. The number of aliphatic hydroxyl groups is 1. The molecular weight excluding hydrogens is 532 g/mol. The van der Waals surface area contributed by atoms with Gasteiger partial charge in [-0.15, -0.1) is 0 Å². The zero-order valence-corrected chi connectivity index (χ0v) is 23.6. The molecule has 0 bridgehead atoms. The standard InChI is InChI=1S/C23H48O10.H2O4S/c1-2-3-4-6-25-8-10-27-12-14-29-16-18-31-20-22-33-23-21-32-19-17-30-15-13-28-11-9-26-7-5-24;1-5(2,3)4/h24H,2-23H2,1H3;(H2,1,2,3,4). The van der Waals surface area contributed by atoms with Gasteiger partial charge in [0.25, 0.3) is 0 Å². The maximum absolute atomic E-state index is 8.74. The van der Waals surface area contributed by atoms with Crippen LogP contribution in [-0.2, 0) is 53.0 Å². The summed E-state index contributed by atoms with van der Waals surface area (Å²) < 4.78 is 80.0. The molecule has 0 heterocycles. The van der Waals surface area contributed by atoms with Gasteiger partial charge in [0.1, 0.15) is 0 Å². The Hall–Kier alpha value is -0.530. The van der Waals surface area contributed by atoms with Crippen LogP contribution in [-0.4, -0.2) is 148 Å². The van der Waals surface area contributed by atoms with Crippen LogP contribution < -0.4 is 0 Å². The van der Waals surface area contributed by atoms with Crippen LogP contribution in [0.1, 0.15) is 26.2 Å². The van der Waals surface area contributed by atoms with Crippen molar-refractivity contribution in [2.45, 2.75) is 26.2 Å². The molecule has 0 fully saturated rings. The largest absolute Gasteiger partial charge is 0.394 e. The Morgan fingerprint density at radius 2 is 0.632 bits per heavy atom. The fourth-order valence-corrected chi connectivity index (χ4v) is 2.38. The Labute approximate surface area is 227 Å². The summed E-state index contributed by atoms with van der Waals surface area (Å²) in [6, 6.07) is 0. The van der Waals surface area contributed by atoms with Crippen molar-refractivity contribution in [1.82, 2.24) is 0 Å². The molecule has 38 heavy (non-hydrogen) atoms. The van der Waals surface area contributed by atoms with E-state index in [2.05, 4.69) is 6.92 Å². The summed E-state index contributed by atoms with van der Waals surface area (Å²) in [6.45, 7) is 12.0. The van der Waals surface area contributed by atoms with Gasteiger partial charge in [-0.05, 0) is 6.42 Å². The molecule has 0 atom stereocenters. The lowest BCUT2D eigenvalue weighted by molar-refractivity contribution is -0.0255. The van der Waals surface area contributed by atoms with E-state index in [1.807, 2.05) is 0 Å². The van der Waals surface area contributed by atoms with Gasteiger partial charge in [0.15, 0.2) is 0 Å². The minimum atomic E-state index is -4.67. The smallest absolute Gasteiger partial charge is 0.394 e. The van der Waals surface area contributed by atoms with E-state index in [-0.39, 0.29) is 6.61 Å². The zero-order valence-electron chi connectivity index (χ0n) is 22.8. The average Bonchev–Trinajstić information content (AvgIpc) is 2.87. The van der Waals surface area contributed by atoms with Crippen molar-refractivity contribution in [2.24, 2.45) is 0 Å². The molecule has 0 aliphatic heterocycles. The molecule has 0 rings (SSSR count). The zero-order chi connectivity index (χ0) is 28.4. The highest BCUT2D eigenvalue weighted by molar-refractivity contribution is 7.79. The van der Waals surface area contributed by atoms with Gasteiger partial charge in [0.05, 0.1) is 119 Å². The third-order valence-electron chi connectivity index (χ3n) is 4.10. The van der Waals surface area contributed by atoms with E-state index < -0.39 is 10.4 Å². The van der Waals surface area contributed by atoms with Crippen molar-refractivity contribution >= 4 is 10.4 Å². The first-order chi connectivity index (χ1) is 18.4. The van der Waals surface area contributed by atoms with Crippen molar-refractivity contribution in [2.75, 3.05) is 126 Å². The highest BCUT2D eigenvalue weighted by atomic mass is 32.3. The molecule has 14 nitrogen and oxygen atoms in total. The molecule has 0 amide bonds. The van der Waals surface area contributed by atoms with Gasteiger partial charge in [-0.2, -0.15) is 8.42 Å². The first-order valence-electron chi connectivity index (χ1n) is 12.9. The monoisotopic (exact) mass is 582 g/mol. The Bertz CT molecular complexity index is 486. The summed E-state index contributed by atoms with van der Waals surface area (Å²) in [7, 11) is -4.67.